The van der Waals surface area contributed by atoms with Crippen LogP contribution in [0.4, 0.5) is 5.69 Å². The number of nitrogens with zero attached hydrogens (tertiary/aromatic N) is 3. The van der Waals surface area contributed by atoms with Crippen molar-refractivity contribution in [2.75, 3.05) is 18.4 Å². The fourth-order valence-electron chi connectivity index (χ4n) is 4.00. The van der Waals surface area contributed by atoms with Crippen LogP contribution in [0, 0.1) is 0 Å². The van der Waals surface area contributed by atoms with Crippen LogP contribution in [0.5, 0.6) is 0 Å². The van der Waals surface area contributed by atoms with Crippen LogP contribution in [-0.2, 0) is 21.3 Å². The molecule has 38 heavy (non-hydrogen) atoms. The number of aliphatic hydroxyl groups is 1. The van der Waals surface area contributed by atoms with Crippen molar-refractivity contribution in [1.29, 1.82) is 0 Å². The molecule has 0 spiro atoms. The SMILES string of the molecule is COC(=O)c1ccc2c(ncn2CCC(C)(C)NCC(O)c2ccccc2NS(=O)(=O)c2ccccc2)n1. The van der Waals surface area contributed by atoms with E-state index in [4.69, 9.17) is 4.74 Å². The summed E-state index contributed by atoms with van der Waals surface area (Å²) < 4.78 is 34.9. The Balaban J connectivity index is 1.39. The Morgan fingerprint density at radius 1 is 1.08 bits per heavy atom. The first kappa shape index (κ1) is 27.2. The van der Waals surface area contributed by atoms with Gasteiger partial charge in [0.15, 0.2) is 11.3 Å². The topological polar surface area (TPSA) is 135 Å². The van der Waals surface area contributed by atoms with Gasteiger partial charge in [-0.05, 0) is 50.6 Å². The number of aliphatic hydroxyl groups excluding tert-OH is 1. The molecular formula is C27H31N5O5S. The molecule has 4 aromatic rings. The number of hydrogen-bond acceptors (Lipinski definition) is 8. The molecule has 2 aromatic heterocycles. The number of carbonyl (C=O) groups is 1. The van der Waals surface area contributed by atoms with E-state index in [0.717, 1.165) is 5.52 Å². The third kappa shape index (κ3) is 6.36. The van der Waals surface area contributed by atoms with E-state index in [1.807, 2.05) is 18.4 Å². The fraction of sp³-hybridized carbons (Fsp3) is 0.296. The maximum absolute atomic E-state index is 12.8. The number of aromatic nitrogens is 3. The number of benzene rings is 2. The molecule has 3 N–H and O–H groups in total. The van der Waals surface area contributed by atoms with Crippen molar-refractivity contribution < 1.29 is 23.1 Å². The van der Waals surface area contributed by atoms with Crippen LogP contribution in [-0.4, -0.2) is 53.2 Å². The van der Waals surface area contributed by atoms with E-state index in [9.17, 15) is 18.3 Å². The second-order valence-corrected chi connectivity index (χ2v) is 11.2. The van der Waals surface area contributed by atoms with E-state index in [-0.39, 0.29) is 22.7 Å². The Labute approximate surface area is 221 Å². The second-order valence-electron chi connectivity index (χ2n) is 9.51. The monoisotopic (exact) mass is 537 g/mol. The second kappa shape index (κ2) is 11.3. The number of para-hydroxylation sites is 1. The zero-order chi connectivity index (χ0) is 27.3. The summed E-state index contributed by atoms with van der Waals surface area (Å²) in [4.78, 5) is 20.4. The van der Waals surface area contributed by atoms with Gasteiger partial charge in [0.1, 0.15) is 0 Å². The van der Waals surface area contributed by atoms with Gasteiger partial charge >= 0.3 is 5.97 Å². The smallest absolute Gasteiger partial charge is 0.356 e. The number of aryl methyl sites for hydroxylation is 1. The number of sulfonamides is 1. The zero-order valence-electron chi connectivity index (χ0n) is 21.5. The van der Waals surface area contributed by atoms with E-state index in [1.54, 1.807) is 60.9 Å². The highest BCUT2D eigenvalue weighted by atomic mass is 32.2. The van der Waals surface area contributed by atoms with Crippen molar-refractivity contribution in [1.82, 2.24) is 19.9 Å². The maximum Gasteiger partial charge on any atom is 0.356 e. The highest BCUT2D eigenvalue weighted by Crippen LogP contribution is 2.26. The van der Waals surface area contributed by atoms with Crippen molar-refractivity contribution in [2.24, 2.45) is 0 Å². The lowest BCUT2D eigenvalue weighted by atomic mass is 9.99. The highest BCUT2D eigenvalue weighted by molar-refractivity contribution is 7.92. The standard InChI is InChI=1S/C27H31N5O5S/c1-27(2,15-16-32-18-28-25-23(32)14-13-22(30-25)26(34)37-3)29-17-24(33)20-11-7-8-12-21(20)31-38(35,36)19-9-5-4-6-10-19/h4-14,18,24,29,31,33H,15-17H2,1-3H3. The normalized spacial score (nSPS) is 12.8. The molecule has 0 amide bonds. The van der Waals surface area contributed by atoms with E-state index >= 15 is 0 Å². The lowest BCUT2D eigenvalue weighted by Crippen LogP contribution is -2.42. The summed E-state index contributed by atoms with van der Waals surface area (Å²) in [5.41, 5.74) is 1.90. The van der Waals surface area contributed by atoms with Gasteiger partial charge in [0.2, 0.25) is 0 Å². The number of β-amino-alcohol motifs (C(OH)–C–C–N with tert-alkyl or cyclic N) is 1. The summed E-state index contributed by atoms with van der Waals surface area (Å²) in [5, 5.41) is 14.3. The Morgan fingerprint density at radius 2 is 1.79 bits per heavy atom. The van der Waals surface area contributed by atoms with Crippen LogP contribution >= 0.6 is 0 Å². The highest BCUT2D eigenvalue weighted by Gasteiger charge is 2.23. The van der Waals surface area contributed by atoms with Gasteiger partial charge < -0.3 is 19.7 Å². The average molecular weight is 538 g/mol. The molecule has 200 valence electrons. The summed E-state index contributed by atoms with van der Waals surface area (Å²) in [5.74, 6) is -0.514. The lowest BCUT2D eigenvalue weighted by molar-refractivity contribution is 0.0594. The number of esters is 1. The van der Waals surface area contributed by atoms with Gasteiger partial charge in [-0.15, -0.1) is 0 Å². The predicted molar refractivity (Wildman–Crippen MR) is 144 cm³/mol. The number of hydrogen-bond donors (Lipinski definition) is 3. The molecule has 10 nitrogen and oxygen atoms in total. The molecule has 2 aromatic carbocycles. The molecule has 1 atom stereocenters. The summed E-state index contributed by atoms with van der Waals surface area (Å²) in [7, 11) is -2.49. The Morgan fingerprint density at radius 3 is 2.53 bits per heavy atom. The zero-order valence-corrected chi connectivity index (χ0v) is 22.3. The first-order chi connectivity index (χ1) is 18.1. The van der Waals surface area contributed by atoms with Crippen molar-refractivity contribution in [3.05, 3.63) is 84.3 Å². The number of nitrogens with one attached hydrogen (secondary N) is 2. The van der Waals surface area contributed by atoms with Crippen LogP contribution in [0.2, 0.25) is 0 Å². The van der Waals surface area contributed by atoms with Crippen LogP contribution < -0.4 is 10.0 Å². The molecule has 0 aliphatic rings. The van der Waals surface area contributed by atoms with Crippen molar-refractivity contribution >= 4 is 32.8 Å². The number of imidazole rings is 1. The molecule has 2 heterocycles. The van der Waals surface area contributed by atoms with E-state index in [0.29, 0.717) is 29.9 Å². The summed E-state index contributed by atoms with van der Waals surface area (Å²) in [6, 6.07) is 18.3. The number of carbonyl (C=O) groups excluding carboxylic acids is 1. The van der Waals surface area contributed by atoms with Gasteiger partial charge in [0, 0.05) is 24.2 Å². The fourth-order valence-corrected chi connectivity index (χ4v) is 5.11. The maximum atomic E-state index is 12.8. The first-order valence-corrected chi connectivity index (χ1v) is 13.6. The largest absolute Gasteiger partial charge is 0.464 e. The van der Waals surface area contributed by atoms with E-state index in [2.05, 4.69) is 20.0 Å². The van der Waals surface area contributed by atoms with Crippen LogP contribution in [0.3, 0.4) is 0 Å². The molecular weight excluding hydrogens is 506 g/mol. The Kier molecular flexibility index (Phi) is 8.10. The minimum Gasteiger partial charge on any atom is -0.464 e. The molecule has 0 saturated heterocycles. The molecule has 0 radical (unpaired) electrons. The van der Waals surface area contributed by atoms with Crippen molar-refractivity contribution in [3.8, 4) is 0 Å². The molecule has 0 saturated carbocycles. The number of ether oxygens (including phenoxy) is 1. The van der Waals surface area contributed by atoms with Gasteiger partial charge in [-0.3, -0.25) is 4.72 Å². The van der Waals surface area contributed by atoms with E-state index < -0.39 is 22.1 Å². The van der Waals surface area contributed by atoms with Gasteiger partial charge in [0.25, 0.3) is 10.0 Å². The van der Waals surface area contributed by atoms with E-state index in [1.165, 1.54) is 19.2 Å². The van der Waals surface area contributed by atoms with Crippen LogP contribution in [0.25, 0.3) is 11.2 Å². The molecule has 1 unspecified atom stereocenters. The molecule has 0 aliphatic carbocycles. The predicted octanol–water partition coefficient (Wildman–Crippen LogP) is 3.51. The average Bonchev–Trinajstić information content (AvgIpc) is 3.33. The Bertz CT molecular complexity index is 1520. The van der Waals surface area contributed by atoms with Gasteiger partial charge in [-0.1, -0.05) is 36.4 Å². The summed E-state index contributed by atoms with van der Waals surface area (Å²) in [6.45, 7) is 4.89. The van der Waals surface area contributed by atoms with Crippen molar-refractivity contribution in [3.63, 3.8) is 0 Å². The minimum absolute atomic E-state index is 0.146. The third-order valence-electron chi connectivity index (χ3n) is 6.25. The Hall–Kier alpha value is -3.80. The third-order valence-corrected chi connectivity index (χ3v) is 7.63. The molecule has 0 fully saturated rings. The van der Waals surface area contributed by atoms with Crippen molar-refractivity contribution in [2.45, 2.75) is 43.4 Å². The quantitative estimate of drug-likeness (QED) is 0.247. The number of rotatable bonds is 11. The molecule has 4 rings (SSSR count). The molecule has 0 bridgehead atoms. The summed E-state index contributed by atoms with van der Waals surface area (Å²) >= 11 is 0. The first-order valence-electron chi connectivity index (χ1n) is 12.1. The number of fused-ring (bicyclic) bond motifs is 1. The van der Waals surface area contributed by atoms with Gasteiger partial charge in [0.05, 0.1) is 35.6 Å². The lowest BCUT2D eigenvalue weighted by Gasteiger charge is -2.28. The number of pyridine rings is 1. The number of methoxy groups -OCH3 is 1. The molecule has 11 heteroatoms. The van der Waals surface area contributed by atoms with Gasteiger partial charge in [-0.25, -0.2) is 23.2 Å². The molecule has 0 aliphatic heterocycles. The summed E-state index contributed by atoms with van der Waals surface area (Å²) in [6.07, 6.45) is 1.43. The van der Waals surface area contributed by atoms with Gasteiger partial charge in [-0.2, -0.15) is 0 Å². The number of anilines is 1. The van der Waals surface area contributed by atoms with Crippen LogP contribution in [0.1, 0.15) is 42.4 Å². The minimum atomic E-state index is -3.79. The van der Waals surface area contributed by atoms with Crippen LogP contribution in [0.15, 0.2) is 78.0 Å².